The SMILES string of the molecule is CC1C(Oc2ccc(=O)[nH]n2)c2cc([N+](=O)[O-])ccc2OC1(C)C. The number of H-pyrrole nitrogens is 1. The lowest BCUT2D eigenvalue weighted by Crippen LogP contribution is -2.44. The van der Waals surface area contributed by atoms with Gasteiger partial charge in [0.2, 0.25) is 5.88 Å². The molecule has 2 atom stereocenters. The summed E-state index contributed by atoms with van der Waals surface area (Å²) in [6.45, 7) is 5.80. The number of nitrogens with zero attached hydrogens (tertiary/aromatic N) is 2. The molecule has 0 saturated carbocycles. The molecule has 2 unspecified atom stereocenters. The van der Waals surface area contributed by atoms with E-state index in [2.05, 4.69) is 10.2 Å². The zero-order chi connectivity index (χ0) is 17.5. The first kappa shape index (κ1) is 16.0. The summed E-state index contributed by atoms with van der Waals surface area (Å²) in [5.74, 6) is 0.667. The van der Waals surface area contributed by atoms with Crippen molar-refractivity contribution in [2.75, 3.05) is 0 Å². The molecule has 0 aliphatic carbocycles. The van der Waals surface area contributed by atoms with Gasteiger partial charge in [-0.3, -0.25) is 14.9 Å². The molecule has 126 valence electrons. The summed E-state index contributed by atoms with van der Waals surface area (Å²) in [5.41, 5.74) is -0.314. The Kier molecular flexibility index (Phi) is 3.75. The zero-order valence-electron chi connectivity index (χ0n) is 13.5. The van der Waals surface area contributed by atoms with Crippen molar-refractivity contribution >= 4 is 5.69 Å². The lowest BCUT2D eigenvalue weighted by atomic mass is 9.81. The number of benzene rings is 1. The average Bonchev–Trinajstić information content (AvgIpc) is 2.53. The summed E-state index contributed by atoms with van der Waals surface area (Å²) in [6, 6.07) is 7.21. The number of fused-ring (bicyclic) bond motifs is 1. The number of aromatic nitrogens is 2. The van der Waals surface area contributed by atoms with Crippen LogP contribution in [0.5, 0.6) is 11.6 Å². The first-order valence-electron chi connectivity index (χ1n) is 7.47. The number of nitro groups is 1. The quantitative estimate of drug-likeness (QED) is 0.684. The molecule has 1 aliphatic rings. The number of nitro benzene ring substituents is 1. The first-order valence-corrected chi connectivity index (χ1v) is 7.47. The highest BCUT2D eigenvalue weighted by atomic mass is 16.6. The molecule has 1 N–H and O–H groups in total. The van der Waals surface area contributed by atoms with Crippen molar-refractivity contribution in [3.8, 4) is 11.6 Å². The second kappa shape index (κ2) is 5.63. The lowest BCUT2D eigenvalue weighted by Gasteiger charge is -2.42. The Morgan fingerprint density at radius 1 is 1.33 bits per heavy atom. The van der Waals surface area contributed by atoms with Crippen molar-refractivity contribution in [1.82, 2.24) is 10.2 Å². The minimum Gasteiger partial charge on any atom is -0.487 e. The molecule has 0 fully saturated rings. The van der Waals surface area contributed by atoms with E-state index in [4.69, 9.17) is 9.47 Å². The van der Waals surface area contributed by atoms with Gasteiger partial charge in [-0.15, -0.1) is 5.10 Å². The Hall–Kier alpha value is -2.90. The standard InChI is InChI=1S/C16H17N3O5/c1-9-15(23-14-7-6-13(20)17-18-14)11-8-10(19(21)22)4-5-12(11)24-16(9,2)3/h4-9,15H,1-3H3,(H,17,20). The van der Waals surface area contributed by atoms with E-state index in [-0.39, 0.29) is 23.0 Å². The Balaban J connectivity index is 2.05. The molecule has 8 nitrogen and oxygen atoms in total. The normalized spacial score (nSPS) is 21.5. The van der Waals surface area contributed by atoms with Gasteiger partial charge in [0, 0.05) is 35.7 Å². The Morgan fingerprint density at radius 3 is 2.71 bits per heavy atom. The largest absolute Gasteiger partial charge is 0.487 e. The van der Waals surface area contributed by atoms with Crippen molar-refractivity contribution < 1.29 is 14.4 Å². The van der Waals surface area contributed by atoms with Crippen LogP contribution in [0.15, 0.2) is 35.1 Å². The third-order valence-electron chi connectivity index (χ3n) is 4.34. The summed E-state index contributed by atoms with van der Waals surface area (Å²) in [5, 5.41) is 17.2. The molecule has 1 aliphatic heterocycles. The first-order chi connectivity index (χ1) is 11.3. The number of aromatic amines is 1. The number of rotatable bonds is 3. The van der Waals surface area contributed by atoms with Gasteiger partial charge in [0.05, 0.1) is 4.92 Å². The molecule has 1 aromatic heterocycles. The molecule has 24 heavy (non-hydrogen) atoms. The Labute approximate surface area is 137 Å². The second-order valence-corrected chi connectivity index (χ2v) is 6.27. The maximum Gasteiger partial charge on any atom is 0.270 e. The molecule has 2 heterocycles. The van der Waals surface area contributed by atoms with Crippen molar-refractivity contribution in [1.29, 1.82) is 0 Å². The van der Waals surface area contributed by atoms with E-state index >= 15 is 0 Å². The van der Waals surface area contributed by atoms with E-state index in [9.17, 15) is 14.9 Å². The van der Waals surface area contributed by atoms with E-state index < -0.39 is 16.6 Å². The molecule has 0 bridgehead atoms. The van der Waals surface area contributed by atoms with E-state index in [0.717, 1.165) is 0 Å². The molecular weight excluding hydrogens is 314 g/mol. The van der Waals surface area contributed by atoms with Gasteiger partial charge in [0.25, 0.3) is 11.2 Å². The van der Waals surface area contributed by atoms with Gasteiger partial charge < -0.3 is 9.47 Å². The molecule has 0 radical (unpaired) electrons. The Morgan fingerprint density at radius 2 is 2.08 bits per heavy atom. The highest BCUT2D eigenvalue weighted by molar-refractivity contribution is 5.47. The predicted octanol–water partition coefficient (Wildman–Crippen LogP) is 2.61. The van der Waals surface area contributed by atoms with Gasteiger partial charge in [-0.05, 0) is 19.9 Å². The van der Waals surface area contributed by atoms with Crippen LogP contribution in [-0.4, -0.2) is 20.7 Å². The number of hydrogen-bond donors (Lipinski definition) is 1. The van der Waals surface area contributed by atoms with Crippen LogP contribution < -0.4 is 15.0 Å². The minimum absolute atomic E-state index is 0.0349. The van der Waals surface area contributed by atoms with Gasteiger partial charge in [0.15, 0.2) is 0 Å². The van der Waals surface area contributed by atoms with E-state index in [1.165, 1.54) is 24.3 Å². The summed E-state index contributed by atoms with van der Waals surface area (Å²) < 4.78 is 11.9. The predicted molar refractivity (Wildman–Crippen MR) is 85.2 cm³/mol. The topological polar surface area (TPSA) is 107 Å². The number of ether oxygens (including phenoxy) is 2. The molecule has 1 aromatic carbocycles. The zero-order valence-corrected chi connectivity index (χ0v) is 13.5. The third-order valence-corrected chi connectivity index (χ3v) is 4.34. The monoisotopic (exact) mass is 331 g/mol. The fourth-order valence-corrected chi connectivity index (χ4v) is 2.67. The fourth-order valence-electron chi connectivity index (χ4n) is 2.67. The maximum absolute atomic E-state index is 11.1. The van der Waals surface area contributed by atoms with Gasteiger partial charge in [-0.25, -0.2) is 5.10 Å². The van der Waals surface area contributed by atoms with Crippen molar-refractivity contribution in [2.24, 2.45) is 5.92 Å². The fraction of sp³-hybridized carbons (Fsp3) is 0.375. The lowest BCUT2D eigenvalue weighted by molar-refractivity contribution is -0.385. The molecule has 0 amide bonds. The number of nitrogens with one attached hydrogen (secondary N) is 1. The Bertz CT molecular complexity index is 825. The molecular formula is C16H17N3O5. The van der Waals surface area contributed by atoms with Crippen molar-refractivity contribution in [2.45, 2.75) is 32.5 Å². The summed E-state index contributed by atoms with van der Waals surface area (Å²) in [4.78, 5) is 21.7. The van der Waals surface area contributed by atoms with Gasteiger partial charge in [-0.2, -0.15) is 0 Å². The molecule has 8 heteroatoms. The van der Waals surface area contributed by atoms with E-state index in [1.54, 1.807) is 6.07 Å². The van der Waals surface area contributed by atoms with Crippen LogP contribution in [0.4, 0.5) is 5.69 Å². The van der Waals surface area contributed by atoms with Gasteiger partial charge >= 0.3 is 0 Å². The van der Waals surface area contributed by atoms with Gasteiger partial charge in [0.1, 0.15) is 17.5 Å². The smallest absolute Gasteiger partial charge is 0.270 e. The summed E-state index contributed by atoms with van der Waals surface area (Å²) in [7, 11) is 0. The highest BCUT2D eigenvalue weighted by Gasteiger charge is 2.43. The van der Waals surface area contributed by atoms with Gasteiger partial charge in [-0.1, -0.05) is 6.92 Å². The van der Waals surface area contributed by atoms with Crippen LogP contribution in [0.25, 0.3) is 0 Å². The van der Waals surface area contributed by atoms with Crippen LogP contribution in [0.3, 0.4) is 0 Å². The van der Waals surface area contributed by atoms with Crippen LogP contribution in [-0.2, 0) is 0 Å². The van der Waals surface area contributed by atoms with Crippen molar-refractivity contribution in [3.05, 3.63) is 56.4 Å². The average molecular weight is 331 g/mol. The van der Waals surface area contributed by atoms with Crippen LogP contribution in [0, 0.1) is 16.0 Å². The summed E-state index contributed by atoms with van der Waals surface area (Å²) in [6.07, 6.45) is -0.498. The molecule has 3 rings (SSSR count). The summed E-state index contributed by atoms with van der Waals surface area (Å²) >= 11 is 0. The number of hydrogen-bond acceptors (Lipinski definition) is 6. The van der Waals surface area contributed by atoms with E-state index in [1.807, 2.05) is 20.8 Å². The third kappa shape index (κ3) is 2.82. The minimum atomic E-state index is -0.532. The maximum atomic E-state index is 11.1. The molecule has 2 aromatic rings. The second-order valence-electron chi connectivity index (χ2n) is 6.27. The molecule has 0 spiro atoms. The van der Waals surface area contributed by atoms with Crippen LogP contribution in [0.2, 0.25) is 0 Å². The van der Waals surface area contributed by atoms with Crippen LogP contribution >= 0.6 is 0 Å². The van der Waals surface area contributed by atoms with E-state index in [0.29, 0.717) is 11.3 Å². The van der Waals surface area contributed by atoms with Crippen LogP contribution in [0.1, 0.15) is 32.4 Å². The highest BCUT2D eigenvalue weighted by Crippen LogP contribution is 2.46. The number of non-ortho nitro benzene ring substituents is 1. The van der Waals surface area contributed by atoms with Crippen molar-refractivity contribution in [3.63, 3.8) is 0 Å². The molecule has 0 saturated heterocycles.